The molecular formula is C21H23N3O. The van der Waals surface area contributed by atoms with E-state index >= 15 is 0 Å². The third-order valence-electron chi connectivity index (χ3n) is 4.36. The van der Waals surface area contributed by atoms with Crippen molar-refractivity contribution in [2.75, 3.05) is 5.32 Å². The van der Waals surface area contributed by atoms with E-state index in [1.165, 1.54) is 5.56 Å². The molecule has 3 rings (SSSR count). The predicted molar refractivity (Wildman–Crippen MR) is 101 cm³/mol. The number of nitrogens with one attached hydrogen (secondary N) is 1. The Morgan fingerprint density at radius 3 is 2.48 bits per heavy atom. The molecule has 1 aromatic heterocycles. The van der Waals surface area contributed by atoms with Gasteiger partial charge in [0.15, 0.2) is 0 Å². The molecular weight excluding hydrogens is 310 g/mol. The van der Waals surface area contributed by atoms with Gasteiger partial charge in [0, 0.05) is 6.07 Å². The summed E-state index contributed by atoms with van der Waals surface area (Å²) < 4.78 is 1.82. The molecule has 4 nitrogen and oxygen atoms in total. The first-order valence-electron chi connectivity index (χ1n) is 8.59. The Kier molecular flexibility index (Phi) is 5.29. The van der Waals surface area contributed by atoms with Gasteiger partial charge in [-0.2, -0.15) is 5.10 Å². The van der Waals surface area contributed by atoms with Gasteiger partial charge in [-0.3, -0.25) is 4.79 Å². The summed E-state index contributed by atoms with van der Waals surface area (Å²) in [7, 11) is 0. The zero-order valence-corrected chi connectivity index (χ0v) is 14.7. The normalized spacial score (nSPS) is 10.6. The van der Waals surface area contributed by atoms with Crippen molar-refractivity contribution in [3.05, 3.63) is 83.0 Å². The number of hydrogen-bond donors (Lipinski definition) is 1. The van der Waals surface area contributed by atoms with Gasteiger partial charge < -0.3 is 5.32 Å². The van der Waals surface area contributed by atoms with Gasteiger partial charge in [-0.05, 0) is 35.6 Å². The van der Waals surface area contributed by atoms with Crippen LogP contribution < -0.4 is 5.32 Å². The molecule has 0 unspecified atom stereocenters. The number of amides is 1. The van der Waals surface area contributed by atoms with Crippen LogP contribution in [0.4, 0.5) is 5.82 Å². The second-order valence-electron chi connectivity index (χ2n) is 6.20. The Morgan fingerprint density at radius 2 is 1.76 bits per heavy atom. The Labute approximate surface area is 148 Å². The van der Waals surface area contributed by atoms with Crippen molar-refractivity contribution in [1.29, 1.82) is 0 Å². The van der Waals surface area contributed by atoms with Crippen molar-refractivity contribution in [2.24, 2.45) is 0 Å². The second kappa shape index (κ2) is 7.79. The lowest BCUT2D eigenvalue weighted by Gasteiger charge is -2.10. The number of anilines is 1. The number of nitrogens with zero attached hydrogens (tertiary/aromatic N) is 2. The molecule has 4 heteroatoms. The maximum atomic E-state index is 12.4. The number of benzene rings is 2. The maximum absolute atomic E-state index is 12.4. The molecule has 0 saturated heterocycles. The first-order chi connectivity index (χ1) is 12.2. The van der Waals surface area contributed by atoms with Crippen LogP contribution in [0.1, 0.15) is 29.2 Å². The van der Waals surface area contributed by atoms with Crippen LogP contribution in [0.5, 0.6) is 0 Å². The van der Waals surface area contributed by atoms with Crippen LogP contribution in [0.2, 0.25) is 0 Å². The van der Waals surface area contributed by atoms with Crippen molar-refractivity contribution >= 4 is 11.7 Å². The largest absolute Gasteiger partial charge is 0.311 e. The topological polar surface area (TPSA) is 46.9 Å². The van der Waals surface area contributed by atoms with Crippen LogP contribution in [-0.4, -0.2) is 15.7 Å². The molecule has 1 N–H and O–H groups in total. The van der Waals surface area contributed by atoms with Crippen molar-refractivity contribution < 1.29 is 4.79 Å². The number of aromatic nitrogens is 2. The number of rotatable bonds is 6. The molecule has 0 saturated carbocycles. The van der Waals surface area contributed by atoms with E-state index in [0.717, 1.165) is 28.9 Å². The van der Waals surface area contributed by atoms with Crippen LogP contribution >= 0.6 is 0 Å². The van der Waals surface area contributed by atoms with Gasteiger partial charge in [0.25, 0.3) is 0 Å². The summed E-state index contributed by atoms with van der Waals surface area (Å²) in [5.74, 6) is 0.690. The molecule has 0 aliphatic rings. The lowest BCUT2D eigenvalue weighted by molar-refractivity contribution is -0.115. The average molecular weight is 333 g/mol. The number of carbonyl (C=O) groups excluding carboxylic acids is 1. The molecule has 0 spiro atoms. The fourth-order valence-corrected chi connectivity index (χ4v) is 2.79. The summed E-state index contributed by atoms with van der Waals surface area (Å²) in [5.41, 5.74) is 4.65. The summed E-state index contributed by atoms with van der Waals surface area (Å²) in [4.78, 5) is 12.4. The van der Waals surface area contributed by atoms with E-state index in [9.17, 15) is 4.79 Å². The fourth-order valence-electron chi connectivity index (χ4n) is 2.79. The summed E-state index contributed by atoms with van der Waals surface area (Å²) in [6, 6.07) is 18.3. The third kappa shape index (κ3) is 4.35. The van der Waals surface area contributed by atoms with E-state index in [-0.39, 0.29) is 5.91 Å². The van der Waals surface area contributed by atoms with Crippen molar-refractivity contribution in [2.45, 2.75) is 33.2 Å². The Hall–Kier alpha value is -2.88. The molecule has 0 bridgehead atoms. The van der Waals surface area contributed by atoms with E-state index < -0.39 is 0 Å². The molecule has 0 aliphatic heterocycles. The highest BCUT2D eigenvalue weighted by atomic mass is 16.1. The van der Waals surface area contributed by atoms with Gasteiger partial charge >= 0.3 is 0 Å². The van der Waals surface area contributed by atoms with Gasteiger partial charge in [-0.15, -0.1) is 0 Å². The Morgan fingerprint density at radius 1 is 1.04 bits per heavy atom. The van der Waals surface area contributed by atoms with Crippen molar-refractivity contribution in [3.63, 3.8) is 0 Å². The Bertz CT molecular complexity index is 850. The first-order valence-corrected chi connectivity index (χ1v) is 8.59. The van der Waals surface area contributed by atoms with E-state index in [4.69, 9.17) is 0 Å². The highest BCUT2D eigenvalue weighted by Gasteiger charge is 2.10. The quantitative estimate of drug-likeness (QED) is 0.741. The van der Waals surface area contributed by atoms with Gasteiger partial charge in [0.1, 0.15) is 5.82 Å². The molecule has 2 aromatic carbocycles. The van der Waals surface area contributed by atoms with Gasteiger partial charge in [-0.1, -0.05) is 55.5 Å². The summed E-state index contributed by atoms with van der Waals surface area (Å²) in [6.45, 7) is 4.80. The van der Waals surface area contributed by atoms with E-state index in [1.54, 1.807) is 6.20 Å². The lowest BCUT2D eigenvalue weighted by Crippen LogP contribution is -2.18. The molecule has 3 aromatic rings. The van der Waals surface area contributed by atoms with Gasteiger partial charge in [0.2, 0.25) is 5.91 Å². The van der Waals surface area contributed by atoms with E-state index in [0.29, 0.717) is 13.0 Å². The van der Waals surface area contributed by atoms with Crippen LogP contribution in [0, 0.1) is 6.92 Å². The second-order valence-corrected chi connectivity index (χ2v) is 6.20. The highest BCUT2D eigenvalue weighted by Crippen LogP contribution is 2.13. The van der Waals surface area contributed by atoms with Gasteiger partial charge in [-0.25, -0.2) is 4.68 Å². The van der Waals surface area contributed by atoms with Crippen LogP contribution in [0.3, 0.4) is 0 Å². The van der Waals surface area contributed by atoms with Crippen LogP contribution in [0.15, 0.2) is 60.8 Å². The Balaban J connectivity index is 1.66. The number of carbonyl (C=O) groups is 1. The molecule has 1 amide bonds. The van der Waals surface area contributed by atoms with E-state index in [2.05, 4.69) is 41.6 Å². The minimum absolute atomic E-state index is 0.0302. The molecule has 128 valence electrons. The molecule has 25 heavy (non-hydrogen) atoms. The molecule has 0 atom stereocenters. The molecule has 0 aliphatic carbocycles. The lowest BCUT2D eigenvalue weighted by atomic mass is 10.1. The smallest absolute Gasteiger partial charge is 0.229 e. The van der Waals surface area contributed by atoms with Crippen molar-refractivity contribution in [3.8, 4) is 0 Å². The minimum atomic E-state index is -0.0302. The van der Waals surface area contributed by atoms with Gasteiger partial charge in [0.05, 0.1) is 19.2 Å². The van der Waals surface area contributed by atoms with Crippen LogP contribution in [0.25, 0.3) is 0 Å². The first kappa shape index (κ1) is 17.0. The third-order valence-corrected chi connectivity index (χ3v) is 4.36. The number of hydrogen-bond acceptors (Lipinski definition) is 2. The summed E-state index contributed by atoms with van der Waals surface area (Å²) in [5, 5.41) is 7.30. The summed E-state index contributed by atoms with van der Waals surface area (Å²) >= 11 is 0. The van der Waals surface area contributed by atoms with E-state index in [1.807, 2.05) is 41.9 Å². The standard InChI is InChI=1S/C21H23N3O/c1-3-17-8-10-18(11-9-17)15-24-20(12-13-22-24)23-21(25)14-19-7-5-4-6-16(19)2/h4-13H,3,14-15H2,1-2H3,(H,23,25). The monoisotopic (exact) mass is 333 g/mol. The zero-order chi connectivity index (χ0) is 17.6. The number of aryl methyl sites for hydroxylation is 2. The fraction of sp³-hybridized carbons (Fsp3) is 0.238. The van der Waals surface area contributed by atoms with Crippen molar-refractivity contribution in [1.82, 2.24) is 9.78 Å². The highest BCUT2D eigenvalue weighted by molar-refractivity contribution is 5.91. The predicted octanol–water partition coefficient (Wildman–Crippen LogP) is 3.98. The molecule has 1 heterocycles. The zero-order valence-electron chi connectivity index (χ0n) is 14.7. The summed E-state index contributed by atoms with van der Waals surface area (Å²) in [6.07, 6.45) is 3.11. The minimum Gasteiger partial charge on any atom is -0.311 e. The average Bonchev–Trinajstić information content (AvgIpc) is 3.04. The molecule has 0 radical (unpaired) electrons. The van der Waals surface area contributed by atoms with Crippen LogP contribution in [-0.2, 0) is 24.2 Å². The SMILES string of the molecule is CCc1ccc(Cn2nccc2NC(=O)Cc2ccccc2C)cc1. The molecule has 0 fully saturated rings. The maximum Gasteiger partial charge on any atom is 0.229 e.